The highest BCUT2D eigenvalue weighted by atomic mass is 35.5. The number of hydrogen-bond acceptors (Lipinski definition) is 4. The summed E-state index contributed by atoms with van der Waals surface area (Å²) in [6, 6.07) is 8.01. The lowest BCUT2D eigenvalue weighted by atomic mass is 9.84. The highest BCUT2D eigenvalue weighted by Crippen LogP contribution is 2.24. The van der Waals surface area contributed by atoms with Crippen LogP contribution in [-0.4, -0.2) is 51.1 Å². The van der Waals surface area contributed by atoms with Gasteiger partial charge in [-0.15, -0.1) is 24.8 Å². The van der Waals surface area contributed by atoms with Crippen molar-refractivity contribution in [2.24, 2.45) is 11.8 Å². The number of rotatable bonds is 10. The normalized spacial score (nSPS) is 15.3. The number of nitrogens with one attached hydrogen (secondary N) is 2. The predicted molar refractivity (Wildman–Crippen MR) is 121 cm³/mol. The van der Waals surface area contributed by atoms with Gasteiger partial charge in [0.2, 0.25) is 5.91 Å². The Bertz CT molecular complexity index is 535. The molecule has 2 rings (SSSR count). The summed E-state index contributed by atoms with van der Waals surface area (Å²) >= 11 is 0. The average Bonchev–Trinajstić information content (AvgIpc) is 2.65. The highest BCUT2D eigenvalue weighted by molar-refractivity contribution is 5.85. The van der Waals surface area contributed by atoms with Crippen LogP contribution in [0.4, 0.5) is 0 Å². The van der Waals surface area contributed by atoms with Crippen molar-refractivity contribution in [3.8, 4) is 5.75 Å². The number of hydrogen-bond donors (Lipinski definition) is 2. The topological polar surface area (TPSA) is 53.6 Å². The standard InChI is InChI=1S/C21H35N3O2.2ClH/c1-17(19-9-11-22-12-10-19)15-21(25)23-16-18-5-7-20(8-6-18)26-14-4-13-24(2)3;;/h5-8,17,19,22H,4,9-16H2,1-3H3,(H,23,25);2*1H. The third-order valence-corrected chi connectivity index (χ3v) is 5.13. The van der Waals surface area contributed by atoms with Crippen LogP contribution in [0.1, 0.15) is 38.2 Å². The minimum Gasteiger partial charge on any atom is -0.494 e. The van der Waals surface area contributed by atoms with E-state index in [4.69, 9.17) is 4.74 Å². The zero-order valence-corrected chi connectivity index (χ0v) is 19.0. The number of nitrogens with zero attached hydrogens (tertiary/aromatic N) is 1. The largest absolute Gasteiger partial charge is 0.494 e. The van der Waals surface area contributed by atoms with Crippen LogP contribution < -0.4 is 15.4 Å². The molecule has 162 valence electrons. The van der Waals surface area contributed by atoms with Crippen molar-refractivity contribution in [3.63, 3.8) is 0 Å². The number of amides is 1. The van der Waals surface area contributed by atoms with Crippen LogP contribution in [0.2, 0.25) is 0 Å². The fourth-order valence-electron chi connectivity index (χ4n) is 3.42. The quantitative estimate of drug-likeness (QED) is 0.554. The van der Waals surface area contributed by atoms with Gasteiger partial charge in [-0.05, 0) is 76.0 Å². The summed E-state index contributed by atoms with van der Waals surface area (Å²) in [4.78, 5) is 14.4. The zero-order chi connectivity index (χ0) is 18.8. The number of carbonyl (C=O) groups is 1. The van der Waals surface area contributed by atoms with Crippen molar-refractivity contribution in [2.45, 2.75) is 39.2 Å². The monoisotopic (exact) mass is 433 g/mol. The van der Waals surface area contributed by atoms with Crippen LogP contribution in [0.25, 0.3) is 0 Å². The van der Waals surface area contributed by atoms with E-state index in [2.05, 4.69) is 36.6 Å². The maximum atomic E-state index is 12.2. The molecule has 1 fully saturated rings. The van der Waals surface area contributed by atoms with Crippen LogP contribution in [-0.2, 0) is 11.3 Å². The predicted octanol–water partition coefficient (Wildman–Crippen LogP) is 3.50. The summed E-state index contributed by atoms with van der Waals surface area (Å²) < 4.78 is 5.74. The summed E-state index contributed by atoms with van der Waals surface area (Å²) in [5.41, 5.74) is 1.11. The fourth-order valence-corrected chi connectivity index (χ4v) is 3.42. The van der Waals surface area contributed by atoms with E-state index >= 15 is 0 Å². The zero-order valence-electron chi connectivity index (χ0n) is 17.4. The SMILES string of the molecule is CC(CC(=O)NCc1ccc(OCCCN(C)C)cc1)C1CCNCC1.Cl.Cl. The van der Waals surface area contributed by atoms with E-state index < -0.39 is 0 Å². The van der Waals surface area contributed by atoms with Crippen molar-refractivity contribution in [1.82, 2.24) is 15.5 Å². The van der Waals surface area contributed by atoms with Gasteiger partial charge in [-0.1, -0.05) is 19.1 Å². The van der Waals surface area contributed by atoms with E-state index in [1.165, 1.54) is 12.8 Å². The first-order valence-electron chi connectivity index (χ1n) is 9.88. The molecule has 0 spiro atoms. The molecule has 0 aliphatic carbocycles. The molecule has 0 bridgehead atoms. The average molecular weight is 434 g/mol. The summed E-state index contributed by atoms with van der Waals surface area (Å²) in [5, 5.41) is 6.43. The molecule has 5 nitrogen and oxygen atoms in total. The molecule has 0 aromatic heterocycles. The van der Waals surface area contributed by atoms with Crippen LogP contribution in [0.5, 0.6) is 5.75 Å². The molecule has 1 aromatic carbocycles. The maximum Gasteiger partial charge on any atom is 0.220 e. The molecule has 7 heteroatoms. The Hall–Kier alpha value is -1.01. The van der Waals surface area contributed by atoms with E-state index in [0.29, 0.717) is 24.8 Å². The van der Waals surface area contributed by atoms with E-state index in [0.717, 1.165) is 44.0 Å². The molecule has 1 aliphatic heterocycles. The minimum absolute atomic E-state index is 0. The van der Waals surface area contributed by atoms with Gasteiger partial charge in [0.1, 0.15) is 5.75 Å². The van der Waals surface area contributed by atoms with Gasteiger partial charge in [-0.25, -0.2) is 0 Å². The van der Waals surface area contributed by atoms with Gasteiger partial charge in [0.25, 0.3) is 0 Å². The molecule has 1 aromatic rings. The summed E-state index contributed by atoms with van der Waals surface area (Å²) in [6.07, 6.45) is 4.01. The van der Waals surface area contributed by atoms with Crippen molar-refractivity contribution in [3.05, 3.63) is 29.8 Å². The Morgan fingerprint density at radius 1 is 1.21 bits per heavy atom. The van der Waals surface area contributed by atoms with E-state index in [9.17, 15) is 4.79 Å². The van der Waals surface area contributed by atoms with Crippen molar-refractivity contribution >= 4 is 30.7 Å². The number of ether oxygens (including phenoxy) is 1. The second kappa shape index (κ2) is 14.9. The molecular formula is C21H37Cl2N3O2. The number of benzene rings is 1. The Labute approximate surface area is 182 Å². The molecule has 2 N–H and O–H groups in total. The molecule has 1 aliphatic rings. The summed E-state index contributed by atoms with van der Waals surface area (Å²) in [6.45, 7) is 6.71. The van der Waals surface area contributed by atoms with Crippen LogP contribution in [0.3, 0.4) is 0 Å². The molecule has 1 amide bonds. The third kappa shape index (κ3) is 10.5. The molecule has 0 radical (unpaired) electrons. The van der Waals surface area contributed by atoms with Gasteiger partial charge in [-0.2, -0.15) is 0 Å². The van der Waals surface area contributed by atoms with Gasteiger partial charge < -0.3 is 20.3 Å². The van der Waals surface area contributed by atoms with E-state index in [-0.39, 0.29) is 30.7 Å². The van der Waals surface area contributed by atoms with Gasteiger partial charge in [0.05, 0.1) is 6.61 Å². The number of carbonyl (C=O) groups excluding carboxylic acids is 1. The second-order valence-corrected chi connectivity index (χ2v) is 7.69. The Morgan fingerprint density at radius 2 is 1.86 bits per heavy atom. The summed E-state index contributed by atoms with van der Waals surface area (Å²) in [5.74, 6) is 2.17. The maximum absolute atomic E-state index is 12.2. The van der Waals surface area contributed by atoms with E-state index in [1.807, 2.05) is 24.3 Å². The van der Waals surface area contributed by atoms with Gasteiger partial charge in [-0.3, -0.25) is 4.79 Å². The number of halogens is 2. The lowest BCUT2D eigenvalue weighted by molar-refractivity contribution is -0.122. The highest BCUT2D eigenvalue weighted by Gasteiger charge is 2.21. The van der Waals surface area contributed by atoms with Crippen LogP contribution in [0, 0.1) is 11.8 Å². The Balaban J connectivity index is 0.00000364. The van der Waals surface area contributed by atoms with Gasteiger partial charge >= 0.3 is 0 Å². The Morgan fingerprint density at radius 3 is 2.46 bits per heavy atom. The molecule has 28 heavy (non-hydrogen) atoms. The first-order valence-corrected chi connectivity index (χ1v) is 9.88. The van der Waals surface area contributed by atoms with Gasteiger partial charge in [0, 0.05) is 19.5 Å². The first-order chi connectivity index (χ1) is 12.5. The second-order valence-electron chi connectivity index (χ2n) is 7.69. The Kier molecular flexibility index (Phi) is 14.4. The van der Waals surface area contributed by atoms with Crippen molar-refractivity contribution < 1.29 is 9.53 Å². The molecule has 1 atom stereocenters. The van der Waals surface area contributed by atoms with Crippen LogP contribution in [0.15, 0.2) is 24.3 Å². The summed E-state index contributed by atoms with van der Waals surface area (Å²) in [7, 11) is 4.13. The van der Waals surface area contributed by atoms with Gasteiger partial charge in [0.15, 0.2) is 0 Å². The molecule has 1 heterocycles. The van der Waals surface area contributed by atoms with Crippen molar-refractivity contribution in [1.29, 1.82) is 0 Å². The minimum atomic E-state index is 0. The lowest BCUT2D eigenvalue weighted by Crippen LogP contribution is -2.33. The van der Waals surface area contributed by atoms with Crippen molar-refractivity contribution in [2.75, 3.05) is 40.3 Å². The smallest absolute Gasteiger partial charge is 0.220 e. The molecule has 1 saturated heterocycles. The van der Waals surface area contributed by atoms with Crippen LogP contribution >= 0.6 is 24.8 Å². The third-order valence-electron chi connectivity index (χ3n) is 5.13. The molecular weight excluding hydrogens is 397 g/mol. The molecule has 0 saturated carbocycles. The fraction of sp³-hybridized carbons (Fsp3) is 0.667. The lowest BCUT2D eigenvalue weighted by Gasteiger charge is -2.27. The first kappa shape index (κ1) is 27.0. The molecule has 1 unspecified atom stereocenters. The number of piperidine rings is 1. The van der Waals surface area contributed by atoms with E-state index in [1.54, 1.807) is 0 Å².